The first-order valence-corrected chi connectivity index (χ1v) is 12.0. The van der Waals surface area contributed by atoms with Crippen LogP contribution >= 0.6 is 11.3 Å². The molecule has 0 unspecified atom stereocenters. The smallest absolute Gasteiger partial charge is 0.266 e. The Hall–Kier alpha value is -4.69. The van der Waals surface area contributed by atoms with Crippen LogP contribution in [0.3, 0.4) is 0 Å². The van der Waals surface area contributed by atoms with Gasteiger partial charge >= 0.3 is 0 Å². The lowest BCUT2D eigenvalue weighted by Crippen LogP contribution is -2.23. The molecule has 0 saturated heterocycles. The van der Waals surface area contributed by atoms with E-state index in [0.717, 1.165) is 22.4 Å². The maximum Gasteiger partial charge on any atom is 0.291 e. The van der Waals surface area contributed by atoms with Crippen molar-refractivity contribution in [2.45, 2.75) is 0 Å². The number of hydrogen-bond donors (Lipinski definition) is 0. The maximum absolute atomic E-state index is 13.5. The number of aromatic nitrogens is 5. The predicted molar refractivity (Wildman–Crippen MR) is 140 cm³/mol. The molecule has 36 heavy (non-hydrogen) atoms. The Balaban J connectivity index is 1.42. The molecule has 0 saturated carbocycles. The monoisotopic (exact) mass is 491 g/mol. The second-order valence-corrected chi connectivity index (χ2v) is 9.05. The number of nitrogens with zero attached hydrogens (tertiary/aromatic N) is 5. The summed E-state index contributed by atoms with van der Waals surface area (Å²) in [5.74, 6) is 0.147. The molecule has 0 aliphatic carbocycles. The third-order valence-corrected chi connectivity index (χ3v) is 6.55. The van der Waals surface area contributed by atoms with Gasteiger partial charge in [0, 0.05) is 17.3 Å². The Bertz CT molecular complexity index is 1800. The molecule has 0 aliphatic heterocycles. The summed E-state index contributed by atoms with van der Waals surface area (Å²) in [5, 5.41) is 9.10. The molecule has 8 heteroatoms. The van der Waals surface area contributed by atoms with Gasteiger partial charge in [0.1, 0.15) is 11.5 Å². The second-order valence-electron chi connectivity index (χ2n) is 8.04. The van der Waals surface area contributed by atoms with Crippen LogP contribution in [0, 0.1) is 5.82 Å². The zero-order chi connectivity index (χ0) is 24.5. The molecule has 0 spiro atoms. The van der Waals surface area contributed by atoms with E-state index in [1.165, 1.54) is 28.0 Å². The van der Waals surface area contributed by atoms with Crippen molar-refractivity contribution in [3.63, 3.8) is 0 Å². The van der Waals surface area contributed by atoms with Crippen LogP contribution in [-0.2, 0) is 0 Å². The van der Waals surface area contributed by atoms with Crippen LogP contribution < -0.4 is 10.1 Å². The quantitative estimate of drug-likeness (QED) is 0.346. The number of benzene rings is 3. The van der Waals surface area contributed by atoms with Gasteiger partial charge in [-0.25, -0.2) is 9.07 Å². The molecule has 6 aromatic rings. The van der Waals surface area contributed by atoms with E-state index in [1.807, 2.05) is 72.9 Å². The van der Waals surface area contributed by atoms with Crippen molar-refractivity contribution in [2.24, 2.45) is 0 Å². The zero-order valence-electron chi connectivity index (χ0n) is 18.8. The van der Waals surface area contributed by atoms with Gasteiger partial charge in [-0.15, -0.1) is 5.10 Å². The second kappa shape index (κ2) is 9.16. The molecule has 0 atom stereocenters. The van der Waals surface area contributed by atoms with Crippen LogP contribution in [0.1, 0.15) is 17.0 Å². The number of fused-ring (bicyclic) bond motifs is 1. The molecular formula is C28H18FN5OS. The van der Waals surface area contributed by atoms with Crippen LogP contribution in [0.2, 0.25) is 0 Å². The van der Waals surface area contributed by atoms with Gasteiger partial charge in [-0.05, 0) is 54.1 Å². The fraction of sp³-hybridized carbons (Fsp3) is 0. The maximum atomic E-state index is 13.5. The summed E-state index contributed by atoms with van der Waals surface area (Å²) in [4.78, 5) is 18.1. The first kappa shape index (κ1) is 21.8. The molecule has 6 nitrogen and oxygen atoms in total. The van der Waals surface area contributed by atoms with E-state index in [1.54, 1.807) is 29.0 Å². The summed E-state index contributed by atoms with van der Waals surface area (Å²) in [7, 11) is 0. The Morgan fingerprint density at radius 2 is 1.56 bits per heavy atom. The SMILES string of the molecule is O=c1/c(=C/c2cn(-c3ccccc3)nc2-c2ccc(F)cc2)sc2nc(/C=C/c3ccccc3)nn12. The minimum absolute atomic E-state index is 0.251. The lowest BCUT2D eigenvalue weighted by Gasteiger charge is -2.00. The third-order valence-electron chi connectivity index (χ3n) is 5.59. The van der Waals surface area contributed by atoms with Gasteiger partial charge in [0.15, 0.2) is 5.82 Å². The van der Waals surface area contributed by atoms with Crippen molar-refractivity contribution in [3.05, 3.63) is 129 Å². The van der Waals surface area contributed by atoms with E-state index in [9.17, 15) is 9.18 Å². The molecule has 0 amide bonds. The number of hydrogen-bond acceptors (Lipinski definition) is 5. The van der Waals surface area contributed by atoms with Crippen molar-refractivity contribution in [1.29, 1.82) is 0 Å². The van der Waals surface area contributed by atoms with Crippen molar-refractivity contribution in [1.82, 2.24) is 24.4 Å². The standard InChI is InChI=1S/C28H18FN5OS/c29-22-14-12-20(13-15-22)26-21(18-33(32-26)23-9-5-2-6-10-23)17-24-27(35)34-28(36-24)30-25(31-34)16-11-19-7-3-1-4-8-19/h1-18H/b16-11+,24-17-. The normalized spacial score (nSPS) is 12.2. The first-order valence-electron chi connectivity index (χ1n) is 11.2. The molecule has 6 rings (SSSR count). The Labute approximate surface area is 208 Å². The topological polar surface area (TPSA) is 65.1 Å². The predicted octanol–water partition coefficient (Wildman–Crippen LogP) is 4.86. The lowest BCUT2D eigenvalue weighted by atomic mass is 10.1. The summed E-state index contributed by atoms with van der Waals surface area (Å²) in [6, 6.07) is 25.6. The van der Waals surface area contributed by atoms with E-state index in [4.69, 9.17) is 5.10 Å². The van der Waals surface area contributed by atoms with Crippen LogP contribution in [0.25, 0.3) is 40.1 Å². The van der Waals surface area contributed by atoms with Crippen molar-refractivity contribution in [2.75, 3.05) is 0 Å². The summed E-state index contributed by atoms with van der Waals surface area (Å²) in [6.45, 7) is 0. The number of para-hydroxylation sites is 1. The van der Waals surface area contributed by atoms with Gasteiger partial charge in [-0.3, -0.25) is 4.79 Å². The fourth-order valence-electron chi connectivity index (χ4n) is 3.83. The van der Waals surface area contributed by atoms with Crippen molar-refractivity contribution < 1.29 is 4.39 Å². The van der Waals surface area contributed by atoms with Crippen LogP contribution in [0.4, 0.5) is 4.39 Å². The average Bonchev–Trinajstić information content (AvgIpc) is 3.59. The minimum atomic E-state index is -0.323. The zero-order valence-corrected chi connectivity index (χ0v) is 19.6. The number of rotatable bonds is 5. The minimum Gasteiger partial charge on any atom is -0.266 e. The van der Waals surface area contributed by atoms with E-state index in [2.05, 4.69) is 10.1 Å². The van der Waals surface area contributed by atoms with E-state index in [0.29, 0.717) is 21.0 Å². The van der Waals surface area contributed by atoms with Gasteiger partial charge in [0.25, 0.3) is 5.56 Å². The summed E-state index contributed by atoms with van der Waals surface area (Å²) >= 11 is 1.26. The Morgan fingerprint density at radius 3 is 2.28 bits per heavy atom. The van der Waals surface area contributed by atoms with Crippen LogP contribution in [-0.4, -0.2) is 24.4 Å². The highest BCUT2D eigenvalue weighted by Gasteiger charge is 2.14. The first-order chi connectivity index (χ1) is 17.6. The largest absolute Gasteiger partial charge is 0.291 e. The van der Waals surface area contributed by atoms with Gasteiger partial charge in [-0.1, -0.05) is 65.9 Å². The average molecular weight is 492 g/mol. The summed E-state index contributed by atoms with van der Waals surface area (Å²) in [6.07, 6.45) is 7.34. The Morgan fingerprint density at radius 1 is 0.833 bits per heavy atom. The molecule has 0 bridgehead atoms. The van der Waals surface area contributed by atoms with E-state index >= 15 is 0 Å². The molecule has 3 aromatic heterocycles. The summed E-state index contributed by atoms with van der Waals surface area (Å²) < 4.78 is 17.1. The van der Waals surface area contributed by atoms with Gasteiger partial charge in [0.05, 0.1) is 10.2 Å². The lowest BCUT2D eigenvalue weighted by molar-refractivity contribution is 0.628. The van der Waals surface area contributed by atoms with Gasteiger partial charge < -0.3 is 0 Å². The highest BCUT2D eigenvalue weighted by atomic mass is 32.1. The van der Waals surface area contributed by atoms with E-state index in [-0.39, 0.29) is 11.4 Å². The third kappa shape index (κ3) is 4.25. The Kier molecular flexibility index (Phi) is 5.55. The molecule has 3 heterocycles. The molecule has 174 valence electrons. The molecule has 0 fully saturated rings. The molecule has 0 aliphatic rings. The molecular weight excluding hydrogens is 473 g/mol. The molecule has 0 radical (unpaired) electrons. The molecule has 0 N–H and O–H groups in total. The highest BCUT2D eigenvalue weighted by molar-refractivity contribution is 7.15. The van der Waals surface area contributed by atoms with Crippen molar-refractivity contribution >= 4 is 34.5 Å². The van der Waals surface area contributed by atoms with Crippen LogP contribution in [0.5, 0.6) is 0 Å². The van der Waals surface area contributed by atoms with Gasteiger partial charge in [-0.2, -0.15) is 14.6 Å². The van der Waals surface area contributed by atoms with Crippen molar-refractivity contribution in [3.8, 4) is 16.9 Å². The highest BCUT2D eigenvalue weighted by Crippen LogP contribution is 2.25. The number of thiazole rings is 1. The summed E-state index contributed by atoms with van der Waals surface area (Å²) in [5.41, 5.74) is 3.77. The number of halogens is 1. The van der Waals surface area contributed by atoms with Gasteiger partial charge in [0.2, 0.25) is 4.96 Å². The van der Waals surface area contributed by atoms with E-state index < -0.39 is 0 Å². The molecule has 3 aromatic carbocycles. The fourth-order valence-corrected chi connectivity index (χ4v) is 4.74. The van der Waals surface area contributed by atoms with Crippen LogP contribution in [0.15, 0.2) is 95.9 Å².